The third kappa shape index (κ3) is 2.49. The molecule has 0 bridgehead atoms. The Kier molecular flexibility index (Phi) is 4.11. The molecule has 1 atom stereocenters. The summed E-state index contributed by atoms with van der Waals surface area (Å²) in [5.74, 6) is -2.41. The minimum Gasteiger partial charge on any atom is -0.349 e. The fourth-order valence-corrected chi connectivity index (χ4v) is 1.68. The smallest absolute Gasteiger partial charge is 0.218 e. The van der Waals surface area contributed by atoms with Crippen LogP contribution in [0.5, 0.6) is 0 Å². The Balaban J connectivity index is 2.73. The summed E-state index contributed by atoms with van der Waals surface area (Å²) in [5, 5.41) is 0. The number of carbonyl (C=O) groups excluding carboxylic acids is 3. The second-order valence-electron chi connectivity index (χ2n) is 3.44. The van der Waals surface area contributed by atoms with E-state index in [2.05, 4.69) is 0 Å². The molecule has 1 saturated carbocycles. The molecule has 1 aliphatic carbocycles. The molecule has 0 amide bonds. The van der Waals surface area contributed by atoms with E-state index in [9.17, 15) is 14.4 Å². The first-order chi connectivity index (χ1) is 7.11. The lowest BCUT2D eigenvalue weighted by molar-refractivity contribution is -0.165. The molecule has 0 aliphatic heterocycles. The van der Waals surface area contributed by atoms with Gasteiger partial charge in [0.15, 0.2) is 11.6 Å². The number of methoxy groups -OCH3 is 2. The maximum atomic E-state index is 11.7. The maximum absolute atomic E-state index is 11.7. The standard InChI is InChI=1S/C10H14O5/c1-14-10(15-2)9(13)6-4-3-5-7(11)8(6)12/h6,10H,3-5H2,1-2H3. The molecular formula is C10H14O5. The molecule has 0 spiro atoms. The number of carbonyl (C=O) groups is 3. The van der Waals surface area contributed by atoms with Crippen molar-refractivity contribution >= 4 is 17.3 Å². The highest BCUT2D eigenvalue weighted by Gasteiger charge is 2.38. The van der Waals surface area contributed by atoms with E-state index in [1.807, 2.05) is 0 Å². The van der Waals surface area contributed by atoms with Crippen LogP contribution in [0.3, 0.4) is 0 Å². The molecule has 0 radical (unpaired) electrons. The Bertz CT molecular complexity index is 280. The maximum Gasteiger partial charge on any atom is 0.218 e. The van der Waals surface area contributed by atoms with Gasteiger partial charge in [-0.1, -0.05) is 0 Å². The van der Waals surface area contributed by atoms with Gasteiger partial charge >= 0.3 is 0 Å². The van der Waals surface area contributed by atoms with Crippen LogP contribution >= 0.6 is 0 Å². The lowest BCUT2D eigenvalue weighted by Crippen LogP contribution is -2.40. The number of hydrogen-bond donors (Lipinski definition) is 0. The molecule has 1 fully saturated rings. The minimum absolute atomic E-state index is 0.243. The van der Waals surface area contributed by atoms with Gasteiger partial charge < -0.3 is 9.47 Å². The second kappa shape index (κ2) is 5.14. The third-order valence-corrected chi connectivity index (χ3v) is 2.49. The normalized spacial score (nSPS) is 22.2. The van der Waals surface area contributed by atoms with Crippen molar-refractivity contribution in [1.82, 2.24) is 0 Å². The second-order valence-corrected chi connectivity index (χ2v) is 3.44. The Hall–Kier alpha value is -1.07. The van der Waals surface area contributed by atoms with Crippen molar-refractivity contribution in [3.8, 4) is 0 Å². The van der Waals surface area contributed by atoms with Gasteiger partial charge in [0.2, 0.25) is 12.1 Å². The highest BCUT2D eigenvalue weighted by molar-refractivity contribution is 6.42. The molecule has 84 valence electrons. The van der Waals surface area contributed by atoms with Crippen molar-refractivity contribution in [3.63, 3.8) is 0 Å². The van der Waals surface area contributed by atoms with Gasteiger partial charge in [0.25, 0.3) is 0 Å². The summed E-state index contributed by atoms with van der Waals surface area (Å²) in [5.41, 5.74) is 0. The van der Waals surface area contributed by atoms with E-state index in [4.69, 9.17) is 9.47 Å². The van der Waals surface area contributed by atoms with Gasteiger partial charge in [-0.05, 0) is 12.8 Å². The highest BCUT2D eigenvalue weighted by atomic mass is 16.7. The summed E-state index contributed by atoms with van der Waals surface area (Å²) >= 11 is 0. The zero-order valence-corrected chi connectivity index (χ0v) is 8.82. The van der Waals surface area contributed by atoms with Crippen LogP contribution in [0.15, 0.2) is 0 Å². The summed E-state index contributed by atoms with van der Waals surface area (Å²) in [6.45, 7) is 0. The summed E-state index contributed by atoms with van der Waals surface area (Å²) in [7, 11) is 2.64. The zero-order chi connectivity index (χ0) is 11.4. The van der Waals surface area contributed by atoms with E-state index < -0.39 is 29.6 Å². The van der Waals surface area contributed by atoms with Gasteiger partial charge in [-0.15, -0.1) is 0 Å². The van der Waals surface area contributed by atoms with Crippen LogP contribution in [0.1, 0.15) is 19.3 Å². The Morgan fingerprint density at radius 1 is 1.33 bits per heavy atom. The van der Waals surface area contributed by atoms with Crippen molar-refractivity contribution in [1.29, 1.82) is 0 Å². The van der Waals surface area contributed by atoms with Crippen LogP contribution in [0.4, 0.5) is 0 Å². The van der Waals surface area contributed by atoms with E-state index in [0.717, 1.165) is 0 Å². The quantitative estimate of drug-likeness (QED) is 0.377. The lowest BCUT2D eigenvalue weighted by atomic mass is 9.84. The highest BCUT2D eigenvalue weighted by Crippen LogP contribution is 2.21. The first-order valence-corrected chi connectivity index (χ1v) is 4.78. The Labute approximate surface area is 87.7 Å². The van der Waals surface area contributed by atoms with Gasteiger partial charge in [0, 0.05) is 20.6 Å². The van der Waals surface area contributed by atoms with Gasteiger partial charge in [-0.2, -0.15) is 0 Å². The predicted molar refractivity (Wildman–Crippen MR) is 50.2 cm³/mol. The zero-order valence-electron chi connectivity index (χ0n) is 8.82. The number of ether oxygens (including phenoxy) is 2. The molecule has 0 aromatic rings. The third-order valence-electron chi connectivity index (χ3n) is 2.49. The van der Waals surface area contributed by atoms with Crippen molar-refractivity contribution in [2.75, 3.05) is 14.2 Å². The van der Waals surface area contributed by atoms with E-state index >= 15 is 0 Å². The molecule has 1 rings (SSSR count). The molecule has 0 aromatic heterocycles. The number of Topliss-reactive ketones (excluding diaryl/α,β-unsaturated/α-hetero) is 3. The molecule has 0 heterocycles. The molecule has 1 unspecified atom stereocenters. The predicted octanol–water partition coefficient (Wildman–Crippen LogP) is 0.113. The van der Waals surface area contributed by atoms with Crippen LogP contribution in [-0.2, 0) is 23.9 Å². The summed E-state index contributed by atoms with van der Waals surface area (Å²) in [4.78, 5) is 34.2. The molecule has 5 nitrogen and oxygen atoms in total. The van der Waals surface area contributed by atoms with Gasteiger partial charge in [-0.25, -0.2) is 0 Å². The van der Waals surface area contributed by atoms with E-state index in [1.165, 1.54) is 14.2 Å². The molecule has 1 aliphatic rings. The number of hydrogen-bond acceptors (Lipinski definition) is 5. The van der Waals surface area contributed by atoms with Gasteiger partial charge in [0.05, 0.1) is 5.92 Å². The average Bonchev–Trinajstić information content (AvgIpc) is 2.23. The van der Waals surface area contributed by atoms with E-state index in [1.54, 1.807) is 0 Å². The van der Waals surface area contributed by atoms with E-state index in [0.29, 0.717) is 12.8 Å². The first-order valence-electron chi connectivity index (χ1n) is 4.78. The van der Waals surface area contributed by atoms with Crippen molar-refractivity contribution in [3.05, 3.63) is 0 Å². The fraction of sp³-hybridized carbons (Fsp3) is 0.700. The lowest BCUT2D eigenvalue weighted by Gasteiger charge is -2.21. The van der Waals surface area contributed by atoms with Crippen molar-refractivity contribution in [2.45, 2.75) is 25.6 Å². The Morgan fingerprint density at radius 2 is 1.93 bits per heavy atom. The number of rotatable bonds is 4. The fourth-order valence-electron chi connectivity index (χ4n) is 1.68. The van der Waals surface area contributed by atoms with E-state index in [-0.39, 0.29) is 6.42 Å². The minimum atomic E-state index is -1.05. The SMILES string of the molecule is COC(OC)C(=O)C1CCCC(=O)C1=O. The average molecular weight is 214 g/mol. The molecular weight excluding hydrogens is 200 g/mol. The van der Waals surface area contributed by atoms with Crippen LogP contribution in [0.25, 0.3) is 0 Å². The first kappa shape index (κ1) is 12.0. The van der Waals surface area contributed by atoms with Crippen LogP contribution < -0.4 is 0 Å². The van der Waals surface area contributed by atoms with Crippen molar-refractivity contribution < 1.29 is 23.9 Å². The number of ketones is 3. The van der Waals surface area contributed by atoms with Crippen molar-refractivity contribution in [2.24, 2.45) is 5.92 Å². The Morgan fingerprint density at radius 3 is 2.47 bits per heavy atom. The van der Waals surface area contributed by atoms with Crippen LogP contribution in [0, 0.1) is 5.92 Å². The summed E-state index contributed by atoms with van der Waals surface area (Å²) in [6.07, 6.45) is 0.172. The molecule has 0 saturated heterocycles. The molecule has 5 heteroatoms. The van der Waals surface area contributed by atoms with Crippen LogP contribution in [-0.4, -0.2) is 37.9 Å². The van der Waals surface area contributed by atoms with Gasteiger partial charge in [0.1, 0.15) is 0 Å². The topological polar surface area (TPSA) is 69.7 Å². The largest absolute Gasteiger partial charge is 0.349 e. The molecule has 0 N–H and O–H groups in total. The summed E-state index contributed by atoms with van der Waals surface area (Å²) in [6, 6.07) is 0. The molecule has 15 heavy (non-hydrogen) atoms. The monoisotopic (exact) mass is 214 g/mol. The summed E-state index contributed by atoms with van der Waals surface area (Å²) < 4.78 is 9.53. The van der Waals surface area contributed by atoms with Crippen LogP contribution in [0.2, 0.25) is 0 Å². The molecule has 0 aromatic carbocycles. The van der Waals surface area contributed by atoms with Gasteiger partial charge in [-0.3, -0.25) is 14.4 Å².